The first-order valence-electron chi connectivity index (χ1n) is 9.62. The molecule has 2 heterocycles. The highest BCUT2D eigenvalue weighted by molar-refractivity contribution is 7.13. The van der Waals surface area contributed by atoms with Gasteiger partial charge in [0.25, 0.3) is 0 Å². The first-order valence-corrected chi connectivity index (χ1v) is 10.5. The van der Waals surface area contributed by atoms with Crippen LogP contribution in [0, 0.1) is 5.82 Å². The molecule has 29 heavy (non-hydrogen) atoms. The number of halogens is 1. The third-order valence-electron chi connectivity index (χ3n) is 4.64. The summed E-state index contributed by atoms with van der Waals surface area (Å²) in [5.41, 5.74) is 5.29. The number of hydrogen-bond donors (Lipinski definition) is 1. The fourth-order valence-corrected chi connectivity index (χ4v) is 3.70. The number of anilines is 1. The van der Waals surface area contributed by atoms with E-state index >= 15 is 0 Å². The molecule has 3 rings (SSSR count). The Morgan fingerprint density at radius 2 is 2.17 bits per heavy atom. The number of carbonyl (C=O) groups excluding carboxylic acids is 1. The zero-order valence-corrected chi connectivity index (χ0v) is 17.5. The van der Waals surface area contributed by atoms with Gasteiger partial charge in [-0.2, -0.15) is 5.10 Å². The van der Waals surface area contributed by atoms with E-state index in [1.54, 1.807) is 30.7 Å². The van der Waals surface area contributed by atoms with Gasteiger partial charge in [-0.25, -0.2) is 9.37 Å². The lowest BCUT2D eigenvalue weighted by molar-refractivity contribution is -0.142. The lowest BCUT2D eigenvalue weighted by Crippen LogP contribution is -2.44. The van der Waals surface area contributed by atoms with Gasteiger partial charge in [-0.3, -0.25) is 15.1 Å². The van der Waals surface area contributed by atoms with Crippen LogP contribution in [0.5, 0.6) is 0 Å². The van der Waals surface area contributed by atoms with Crippen LogP contribution in [0.25, 0.3) is 0 Å². The van der Waals surface area contributed by atoms with E-state index < -0.39 is 0 Å². The van der Waals surface area contributed by atoms with Gasteiger partial charge in [-0.15, -0.1) is 11.3 Å². The minimum absolute atomic E-state index is 0.142. The molecule has 0 amide bonds. The Hall–Kier alpha value is -2.36. The molecule has 1 aliphatic rings. The number of nitrogens with one attached hydrogen (secondary N) is 1. The molecule has 1 fully saturated rings. The van der Waals surface area contributed by atoms with E-state index in [0.717, 1.165) is 37.3 Å². The van der Waals surface area contributed by atoms with Crippen LogP contribution < -0.4 is 5.43 Å². The van der Waals surface area contributed by atoms with Gasteiger partial charge in [0.05, 0.1) is 24.9 Å². The average molecular weight is 420 g/mol. The molecule has 0 unspecified atom stereocenters. The lowest BCUT2D eigenvalue weighted by Gasteiger charge is -2.32. The standard InChI is InChI=1S/C20H26FN5O2S/c1-3-28-19(27)11-18-14-29-20(23-18)24-22-12-15-4-5-17(21)10-16(15)13-26-8-6-25(2)7-9-26/h4-5,10,12,14H,3,6-9,11,13H2,1-2H3,(H,23,24). The van der Waals surface area contributed by atoms with E-state index in [0.29, 0.717) is 24.0 Å². The lowest BCUT2D eigenvalue weighted by atomic mass is 10.1. The average Bonchev–Trinajstić information content (AvgIpc) is 3.12. The van der Waals surface area contributed by atoms with Gasteiger partial charge >= 0.3 is 5.97 Å². The van der Waals surface area contributed by atoms with E-state index in [-0.39, 0.29) is 18.2 Å². The third-order valence-corrected chi connectivity index (χ3v) is 5.44. The SMILES string of the molecule is CCOC(=O)Cc1csc(NN=Cc2ccc(F)cc2CN2CCN(C)CC2)n1. The normalized spacial score (nSPS) is 15.7. The van der Waals surface area contributed by atoms with Crippen molar-refractivity contribution in [3.63, 3.8) is 0 Å². The van der Waals surface area contributed by atoms with Crippen molar-refractivity contribution in [2.45, 2.75) is 19.9 Å². The number of piperazine rings is 1. The van der Waals surface area contributed by atoms with Gasteiger partial charge in [0.15, 0.2) is 0 Å². The van der Waals surface area contributed by atoms with Crippen LogP contribution in [0.3, 0.4) is 0 Å². The number of esters is 1. The molecule has 0 aliphatic carbocycles. The Morgan fingerprint density at radius 1 is 1.38 bits per heavy atom. The van der Waals surface area contributed by atoms with Crippen molar-refractivity contribution in [2.75, 3.05) is 45.3 Å². The molecule has 1 N–H and O–H groups in total. The Morgan fingerprint density at radius 3 is 2.93 bits per heavy atom. The second-order valence-electron chi connectivity index (χ2n) is 6.92. The van der Waals surface area contributed by atoms with Crippen molar-refractivity contribution in [1.29, 1.82) is 0 Å². The van der Waals surface area contributed by atoms with Crippen LogP contribution in [0.1, 0.15) is 23.7 Å². The van der Waals surface area contributed by atoms with Crippen molar-refractivity contribution in [2.24, 2.45) is 5.10 Å². The molecular formula is C20H26FN5O2S. The summed E-state index contributed by atoms with van der Waals surface area (Å²) in [6.07, 6.45) is 1.82. The summed E-state index contributed by atoms with van der Waals surface area (Å²) in [4.78, 5) is 20.5. The minimum Gasteiger partial charge on any atom is -0.466 e. The summed E-state index contributed by atoms with van der Waals surface area (Å²) >= 11 is 1.36. The van der Waals surface area contributed by atoms with Gasteiger partial charge in [0.1, 0.15) is 5.82 Å². The molecule has 1 aliphatic heterocycles. The summed E-state index contributed by atoms with van der Waals surface area (Å²) in [6, 6.07) is 4.75. The molecule has 0 atom stereocenters. The van der Waals surface area contributed by atoms with Gasteiger partial charge in [0, 0.05) is 38.1 Å². The number of hydrogen-bond acceptors (Lipinski definition) is 8. The van der Waals surface area contributed by atoms with E-state index in [1.807, 2.05) is 0 Å². The van der Waals surface area contributed by atoms with Crippen LogP contribution in [0.2, 0.25) is 0 Å². The maximum absolute atomic E-state index is 13.8. The molecule has 7 nitrogen and oxygen atoms in total. The highest BCUT2D eigenvalue weighted by atomic mass is 32.1. The van der Waals surface area contributed by atoms with Gasteiger partial charge < -0.3 is 9.64 Å². The summed E-state index contributed by atoms with van der Waals surface area (Å²) in [7, 11) is 2.11. The second kappa shape index (κ2) is 10.4. The number of aromatic nitrogens is 1. The first-order chi connectivity index (χ1) is 14.0. The molecule has 0 bridgehead atoms. The van der Waals surface area contributed by atoms with Gasteiger partial charge in [-0.05, 0) is 37.2 Å². The fourth-order valence-electron chi connectivity index (χ4n) is 3.04. The number of rotatable bonds is 8. The topological polar surface area (TPSA) is 70.1 Å². The van der Waals surface area contributed by atoms with E-state index in [1.165, 1.54) is 17.4 Å². The second-order valence-corrected chi connectivity index (χ2v) is 7.78. The summed E-state index contributed by atoms with van der Waals surface area (Å²) < 4.78 is 18.7. The molecule has 1 saturated heterocycles. The predicted octanol–water partition coefficient (Wildman–Crippen LogP) is 2.58. The number of ether oxygens (including phenoxy) is 1. The number of nitrogens with zero attached hydrogens (tertiary/aromatic N) is 4. The Balaban J connectivity index is 1.60. The molecule has 0 spiro atoms. The number of hydrazone groups is 1. The molecule has 0 saturated carbocycles. The largest absolute Gasteiger partial charge is 0.466 e. The molecule has 0 radical (unpaired) electrons. The van der Waals surface area contributed by atoms with Crippen molar-refractivity contribution >= 4 is 28.7 Å². The van der Waals surface area contributed by atoms with Crippen molar-refractivity contribution in [3.8, 4) is 0 Å². The summed E-state index contributed by atoms with van der Waals surface area (Å²) in [5.74, 6) is -0.546. The monoisotopic (exact) mass is 419 g/mol. The van der Waals surface area contributed by atoms with Crippen LogP contribution in [-0.2, 0) is 22.5 Å². The van der Waals surface area contributed by atoms with Gasteiger partial charge in [-0.1, -0.05) is 6.07 Å². The number of benzene rings is 1. The highest BCUT2D eigenvalue weighted by Gasteiger charge is 2.15. The summed E-state index contributed by atoms with van der Waals surface area (Å²) in [6.45, 7) is 6.76. The maximum atomic E-state index is 13.8. The van der Waals surface area contributed by atoms with Gasteiger partial charge in [0.2, 0.25) is 5.13 Å². The fraction of sp³-hybridized carbons (Fsp3) is 0.450. The smallest absolute Gasteiger partial charge is 0.311 e. The van der Waals surface area contributed by atoms with Crippen LogP contribution in [-0.4, -0.2) is 66.8 Å². The Kier molecular flexibility index (Phi) is 7.68. The van der Waals surface area contributed by atoms with Crippen LogP contribution in [0.15, 0.2) is 28.7 Å². The minimum atomic E-state index is -0.298. The third kappa shape index (κ3) is 6.59. The Bertz CT molecular complexity index is 849. The Labute approximate surface area is 174 Å². The number of carbonyl (C=O) groups is 1. The predicted molar refractivity (Wildman–Crippen MR) is 113 cm³/mol. The van der Waals surface area contributed by atoms with Crippen LogP contribution in [0.4, 0.5) is 9.52 Å². The zero-order chi connectivity index (χ0) is 20.6. The van der Waals surface area contributed by atoms with E-state index in [2.05, 4.69) is 32.4 Å². The number of thiazole rings is 1. The highest BCUT2D eigenvalue weighted by Crippen LogP contribution is 2.17. The van der Waals surface area contributed by atoms with Crippen LogP contribution >= 0.6 is 11.3 Å². The van der Waals surface area contributed by atoms with Crippen molar-refractivity contribution in [1.82, 2.24) is 14.8 Å². The molecule has 1 aromatic carbocycles. The number of likely N-dealkylation sites (N-methyl/N-ethyl adjacent to an activating group) is 1. The first kappa shape index (κ1) is 21.4. The molecule has 1 aromatic heterocycles. The molecule has 9 heteroatoms. The molecule has 156 valence electrons. The zero-order valence-electron chi connectivity index (χ0n) is 16.7. The molecule has 2 aromatic rings. The van der Waals surface area contributed by atoms with E-state index in [4.69, 9.17) is 4.74 Å². The van der Waals surface area contributed by atoms with Crippen molar-refractivity contribution < 1.29 is 13.9 Å². The molecular weight excluding hydrogens is 393 g/mol. The van der Waals surface area contributed by atoms with Crippen molar-refractivity contribution in [3.05, 3.63) is 46.2 Å². The summed E-state index contributed by atoms with van der Waals surface area (Å²) in [5, 5.41) is 6.63. The maximum Gasteiger partial charge on any atom is 0.311 e. The quantitative estimate of drug-likeness (QED) is 0.403. The van der Waals surface area contributed by atoms with E-state index in [9.17, 15) is 9.18 Å².